The maximum absolute atomic E-state index is 6.34. The van der Waals surface area contributed by atoms with E-state index in [-0.39, 0.29) is 10.8 Å². The van der Waals surface area contributed by atoms with Crippen molar-refractivity contribution in [1.82, 2.24) is 0 Å². The fraction of sp³-hybridized carbons (Fsp3) is 0.625. The molecule has 1 atom stereocenters. The monoisotopic (exact) mass is 284 g/mol. The lowest BCUT2D eigenvalue weighted by Crippen LogP contribution is -2.21. The number of rotatable bonds is 7. The molecule has 0 aliphatic rings. The van der Waals surface area contributed by atoms with Crippen LogP contribution in [-0.4, -0.2) is 18.6 Å². The molecule has 0 amide bonds. The highest BCUT2D eigenvalue weighted by Gasteiger charge is 2.21. The van der Waals surface area contributed by atoms with Crippen LogP contribution in [0.2, 0.25) is 0 Å². The van der Waals surface area contributed by atoms with Gasteiger partial charge < -0.3 is 9.47 Å². The first kappa shape index (κ1) is 16.2. The lowest BCUT2D eigenvalue weighted by atomic mass is 9.89. The Morgan fingerprint density at radius 1 is 1.11 bits per heavy atom. The van der Waals surface area contributed by atoms with E-state index in [0.29, 0.717) is 13.2 Å². The Morgan fingerprint density at radius 2 is 1.68 bits per heavy atom. The molecule has 19 heavy (non-hydrogen) atoms. The Morgan fingerprint density at radius 3 is 2.21 bits per heavy atom. The van der Waals surface area contributed by atoms with E-state index in [1.165, 1.54) is 0 Å². The Kier molecular flexibility index (Phi) is 6.50. The standard InChI is InChI=1S/C16H25ClO2/c1-5-18-13-9-6-7-10-14(13)19-12-8-11-15(17)16(2,3)4/h6-7,9-10,15H,5,8,11-12H2,1-4H3. The molecule has 1 aromatic carbocycles. The largest absolute Gasteiger partial charge is 0.490 e. The topological polar surface area (TPSA) is 18.5 Å². The van der Waals surface area contributed by atoms with Crippen molar-refractivity contribution in [2.45, 2.75) is 45.9 Å². The molecular formula is C16H25ClO2. The molecule has 1 aromatic rings. The van der Waals surface area contributed by atoms with Crippen LogP contribution in [0.1, 0.15) is 40.5 Å². The molecule has 1 rings (SSSR count). The maximum Gasteiger partial charge on any atom is 0.161 e. The van der Waals surface area contributed by atoms with E-state index in [1.54, 1.807) is 0 Å². The molecule has 0 fully saturated rings. The summed E-state index contributed by atoms with van der Waals surface area (Å²) in [6.07, 6.45) is 1.91. The SMILES string of the molecule is CCOc1ccccc1OCCCC(Cl)C(C)(C)C. The van der Waals surface area contributed by atoms with Crippen molar-refractivity contribution in [1.29, 1.82) is 0 Å². The van der Waals surface area contributed by atoms with Gasteiger partial charge in [-0.25, -0.2) is 0 Å². The van der Waals surface area contributed by atoms with Crippen LogP contribution in [0.4, 0.5) is 0 Å². The number of halogens is 1. The second-order valence-electron chi connectivity index (χ2n) is 5.70. The second-order valence-corrected chi connectivity index (χ2v) is 6.23. The number of para-hydroxylation sites is 2. The molecule has 0 aliphatic heterocycles. The Balaban J connectivity index is 2.37. The molecule has 0 saturated heterocycles. The van der Waals surface area contributed by atoms with Crippen molar-refractivity contribution >= 4 is 11.6 Å². The molecule has 0 radical (unpaired) electrons. The van der Waals surface area contributed by atoms with Gasteiger partial charge in [-0.1, -0.05) is 32.9 Å². The first-order valence-corrected chi connectivity index (χ1v) is 7.37. The zero-order valence-corrected chi connectivity index (χ0v) is 13.2. The van der Waals surface area contributed by atoms with E-state index in [1.807, 2.05) is 31.2 Å². The van der Waals surface area contributed by atoms with Crippen molar-refractivity contribution in [2.24, 2.45) is 5.41 Å². The summed E-state index contributed by atoms with van der Waals surface area (Å²) in [5, 5.41) is 0.179. The highest BCUT2D eigenvalue weighted by Crippen LogP contribution is 2.29. The molecule has 0 N–H and O–H groups in total. The van der Waals surface area contributed by atoms with Gasteiger partial charge in [-0.05, 0) is 37.3 Å². The van der Waals surface area contributed by atoms with Crippen LogP contribution in [0, 0.1) is 5.41 Å². The van der Waals surface area contributed by atoms with Crippen LogP contribution in [0.5, 0.6) is 11.5 Å². The van der Waals surface area contributed by atoms with Crippen molar-refractivity contribution < 1.29 is 9.47 Å². The minimum atomic E-state index is 0.144. The molecule has 3 heteroatoms. The number of alkyl halides is 1. The van der Waals surface area contributed by atoms with E-state index < -0.39 is 0 Å². The minimum absolute atomic E-state index is 0.144. The van der Waals surface area contributed by atoms with Gasteiger partial charge in [-0.3, -0.25) is 0 Å². The van der Waals surface area contributed by atoms with Gasteiger partial charge in [0.15, 0.2) is 11.5 Å². The molecule has 0 heterocycles. The molecule has 0 aromatic heterocycles. The Hall–Kier alpha value is -0.890. The lowest BCUT2D eigenvalue weighted by Gasteiger charge is -2.25. The molecule has 0 aliphatic carbocycles. The van der Waals surface area contributed by atoms with Gasteiger partial charge in [0.25, 0.3) is 0 Å². The molecule has 0 bridgehead atoms. The van der Waals surface area contributed by atoms with Crippen LogP contribution in [0.3, 0.4) is 0 Å². The van der Waals surface area contributed by atoms with E-state index >= 15 is 0 Å². The van der Waals surface area contributed by atoms with Crippen LogP contribution in [0.15, 0.2) is 24.3 Å². The third kappa shape index (κ3) is 5.73. The normalized spacial score (nSPS) is 13.1. The second kappa shape index (κ2) is 7.64. The average Bonchev–Trinajstić information content (AvgIpc) is 2.35. The van der Waals surface area contributed by atoms with E-state index in [9.17, 15) is 0 Å². The highest BCUT2D eigenvalue weighted by molar-refractivity contribution is 6.21. The van der Waals surface area contributed by atoms with Gasteiger partial charge in [0.1, 0.15) is 0 Å². The maximum atomic E-state index is 6.34. The lowest BCUT2D eigenvalue weighted by molar-refractivity contribution is 0.263. The molecule has 1 unspecified atom stereocenters. The summed E-state index contributed by atoms with van der Waals surface area (Å²) < 4.78 is 11.3. The summed E-state index contributed by atoms with van der Waals surface area (Å²) in [4.78, 5) is 0. The number of benzene rings is 1. The third-order valence-corrected chi connectivity index (χ3v) is 3.82. The van der Waals surface area contributed by atoms with Gasteiger partial charge in [-0.2, -0.15) is 0 Å². The van der Waals surface area contributed by atoms with Crippen molar-refractivity contribution in [3.63, 3.8) is 0 Å². The molecule has 0 spiro atoms. The first-order chi connectivity index (χ1) is 8.95. The summed E-state index contributed by atoms with van der Waals surface area (Å²) in [5.74, 6) is 1.62. The predicted molar refractivity (Wildman–Crippen MR) is 81.4 cm³/mol. The van der Waals surface area contributed by atoms with Crippen LogP contribution < -0.4 is 9.47 Å². The zero-order chi connectivity index (χ0) is 14.3. The van der Waals surface area contributed by atoms with E-state index in [0.717, 1.165) is 24.3 Å². The van der Waals surface area contributed by atoms with Gasteiger partial charge >= 0.3 is 0 Å². The number of hydrogen-bond donors (Lipinski definition) is 0. The fourth-order valence-corrected chi connectivity index (χ4v) is 1.88. The number of hydrogen-bond acceptors (Lipinski definition) is 2. The predicted octanol–water partition coefficient (Wildman–Crippen LogP) is 4.90. The van der Waals surface area contributed by atoms with Gasteiger partial charge in [-0.15, -0.1) is 11.6 Å². The van der Waals surface area contributed by atoms with E-state index in [2.05, 4.69) is 20.8 Å². The van der Waals surface area contributed by atoms with Crippen LogP contribution in [-0.2, 0) is 0 Å². The van der Waals surface area contributed by atoms with Gasteiger partial charge in [0.2, 0.25) is 0 Å². The summed E-state index contributed by atoms with van der Waals surface area (Å²) in [6, 6.07) is 7.77. The number of ether oxygens (including phenoxy) is 2. The van der Waals surface area contributed by atoms with Crippen LogP contribution in [0.25, 0.3) is 0 Å². The molecular weight excluding hydrogens is 260 g/mol. The third-order valence-electron chi connectivity index (χ3n) is 2.95. The quantitative estimate of drug-likeness (QED) is 0.524. The molecule has 2 nitrogen and oxygen atoms in total. The fourth-order valence-electron chi connectivity index (χ4n) is 1.72. The van der Waals surface area contributed by atoms with Crippen LogP contribution >= 0.6 is 11.6 Å². The zero-order valence-electron chi connectivity index (χ0n) is 12.4. The average molecular weight is 285 g/mol. The van der Waals surface area contributed by atoms with Crippen molar-refractivity contribution in [2.75, 3.05) is 13.2 Å². The Bertz CT molecular complexity index is 371. The highest BCUT2D eigenvalue weighted by atomic mass is 35.5. The molecule has 0 saturated carbocycles. The summed E-state index contributed by atoms with van der Waals surface area (Å²) in [6.45, 7) is 9.78. The van der Waals surface area contributed by atoms with Gasteiger partial charge in [0.05, 0.1) is 13.2 Å². The minimum Gasteiger partial charge on any atom is -0.490 e. The molecule has 108 valence electrons. The Labute approximate surface area is 122 Å². The smallest absolute Gasteiger partial charge is 0.161 e. The summed E-state index contributed by atoms with van der Waals surface area (Å²) >= 11 is 6.34. The van der Waals surface area contributed by atoms with Crippen molar-refractivity contribution in [3.8, 4) is 11.5 Å². The summed E-state index contributed by atoms with van der Waals surface area (Å²) in [7, 11) is 0. The van der Waals surface area contributed by atoms with Crippen molar-refractivity contribution in [3.05, 3.63) is 24.3 Å². The van der Waals surface area contributed by atoms with Gasteiger partial charge in [0, 0.05) is 5.38 Å². The summed E-state index contributed by atoms with van der Waals surface area (Å²) in [5.41, 5.74) is 0.144. The first-order valence-electron chi connectivity index (χ1n) is 6.94. The van der Waals surface area contributed by atoms with E-state index in [4.69, 9.17) is 21.1 Å².